The van der Waals surface area contributed by atoms with Gasteiger partial charge in [-0.3, -0.25) is 14.3 Å². The molecular formula is C31H35N5O6S. The standard InChI is InChI=1S/C31H35N5O6S/c1-19-12-13-21(14-27(19)36-17-26(33-35-36)28(38)23(18-37)20-10-8-7-9-11-20)30(39)32-24-15-22(31(2,3)4)16-25(29(24)42-5)34-43(6,40)41/h7-17,23,34,37H,18H2,1-6H3,(H,32,39)/t23-/m1/s1. The van der Waals surface area contributed by atoms with Crippen LogP contribution in [0.15, 0.2) is 66.9 Å². The Morgan fingerprint density at radius 3 is 2.33 bits per heavy atom. The molecule has 0 spiro atoms. The van der Waals surface area contributed by atoms with E-state index in [4.69, 9.17) is 4.74 Å². The number of nitrogens with zero attached hydrogens (tertiary/aromatic N) is 3. The molecule has 0 fully saturated rings. The van der Waals surface area contributed by atoms with E-state index < -0.39 is 21.8 Å². The van der Waals surface area contributed by atoms with E-state index in [1.54, 1.807) is 54.6 Å². The number of ketones is 1. The number of hydrogen-bond acceptors (Lipinski definition) is 8. The minimum Gasteiger partial charge on any atom is -0.492 e. The van der Waals surface area contributed by atoms with Crippen LogP contribution in [0.1, 0.15) is 64.2 Å². The molecule has 0 bridgehead atoms. The van der Waals surface area contributed by atoms with Crippen molar-refractivity contribution in [2.75, 3.05) is 30.0 Å². The Morgan fingerprint density at radius 1 is 1.05 bits per heavy atom. The van der Waals surface area contributed by atoms with Crippen molar-refractivity contribution in [2.24, 2.45) is 0 Å². The van der Waals surface area contributed by atoms with Gasteiger partial charge in [-0.25, -0.2) is 13.1 Å². The number of rotatable bonds is 10. The first kappa shape index (κ1) is 31.4. The average Bonchev–Trinajstić information content (AvgIpc) is 3.43. The Bertz CT molecular complexity index is 1760. The lowest BCUT2D eigenvalue weighted by molar-refractivity contribution is 0.0916. The zero-order chi connectivity index (χ0) is 31.5. The average molecular weight is 606 g/mol. The molecule has 11 nitrogen and oxygen atoms in total. The molecule has 4 rings (SSSR count). The molecule has 0 aliphatic heterocycles. The minimum atomic E-state index is -3.63. The summed E-state index contributed by atoms with van der Waals surface area (Å²) in [5, 5.41) is 20.9. The zero-order valence-electron chi connectivity index (χ0n) is 24.9. The number of aliphatic hydroxyl groups excluding tert-OH is 1. The number of carbonyl (C=O) groups excluding carboxylic acids is 2. The van der Waals surface area contributed by atoms with Crippen molar-refractivity contribution in [3.63, 3.8) is 0 Å². The summed E-state index contributed by atoms with van der Waals surface area (Å²) in [6, 6.07) is 17.4. The Morgan fingerprint density at radius 2 is 1.72 bits per heavy atom. The van der Waals surface area contributed by atoms with Crippen molar-refractivity contribution in [2.45, 2.75) is 39.0 Å². The largest absolute Gasteiger partial charge is 0.492 e. The van der Waals surface area contributed by atoms with Gasteiger partial charge in [-0.15, -0.1) is 5.10 Å². The third kappa shape index (κ3) is 7.27. The molecule has 0 radical (unpaired) electrons. The van der Waals surface area contributed by atoms with Gasteiger partial charge in [0, 0.05) is 5.56 Å². The highest BCUT2D eigenvalue weighted by molar-refractivity contribution is 7.92. The molecule has 12 heteroatoms. The Balaban J connectivity index is 1.66. The van der Waals surface area contributed by atoms with Gasteiger partial charge in [0.25, 0.3) is 5.91 Å². The molecule has 1 amide bonds. The second-order valence-electron chi connectivity index (χ2n) is 11.2. The molecule has 3 N–H and O–H groups in total. The van der Waals surface area contributed by atoms with Crippen molar-refractivity contribution in [1.29, 1.82) is 0 Å². The maximum absolute atomic E-state index is 13.5. The normalized spacial score (nSPS) is 12.4. The number of methoxy groups -OCH3 is 1. The van der Waals surface area contributed by atoms with Crippen LogP contribution < -0.4 is 14.8 Å². The van der Waals surface area contributed by atoms with Gasteiger partial charge < -0.3 is 15.2 Å². The summed E-state index contributed by atoms with van der Waals surface area (Å²) in [4.78, 5) is 26.7. The number of carbonyl (C=O) groups is 2. The molecule has 0 unspecified atom stereocenters. The molecular weight excluding hydrogens is 570 g/mol. The predicted octanol–water partition coefficient (Wildman–Crippen LogP) is 4.46. The highest BCUT2D eigenvalue weighted by atomic mass is 32.2. The van der Waals surface area contributed by atoms with Crippen molar-refractivity contribution in [1.82, 2.24) is 15.0 Å². The maximum Gasteiger partial charge on any atom is 0.255 e. The molecule has 1 atom stereocenters. The molecule has 0 saturated heterocycles. The lowest BCUT2D eigenvalue weighted by atomic mass is 9.86. The molecule has 43 heavy (non-hydrogen) atoms. The minimum absolute atomic E-state index is 0.0757. The van der Waals surface area contributed by atoms with Gasteiger partial charge in [-0.2, -0.15) is 0 Å². The van der Waals surface area contributed by atoms with E-state index in [9.17, 15) is 23.1 Å². The van der Waals surface area contributed by atoms with Crippen LogP contribution in [-0.2, 0) is 15.4 Å². The lowest BCUT2D eigenvalue weighted by Gasteiger charge is -2.24. The number of ether oxygens (including phenoxy) is 1. The third-order valence-electron chi connectivity index (χ3n) is 6.87. The van der Waals surface area contributed by atoms with Crippen LogP contribution in [0.25, 0.3) is 5.69 Å². The smallest absolute Gasteiger partial charge is 0.255 e. The van der Waals surface area contributed by atoms with Crippen molar-refractivity contribution in [3.8, 4) is 11.4 Å². The van der Waals surface area contributed by atoms with Crippen LogP contribution in [-0.4, -0.2) is 60.2 Å². The van der Waals surface area contributed by atoms with Crippen LogP contribution in [0.4, 0.5) is 11.4 Å². The molecule has 226 valence electrons. The number of aliphatic hydroxyl groups is 1. The van der Waals surface area contributed by atoms with Gasteiger partial charge in [0.05, 0.1) is 49.1 Å². The maximum atomic E-state index is 13.5. The SMILES string of the molecule is COc1c(NC(=O)c2ccc(C)c(-n3cc(C(=O)[C@H](CO)c4ccccc4)nn3)c2)cc(C(C)(C)C)cc1NS(C)(=O)=O. The first-order valence-electron chi connectivity index (χ1n) is 13.5. The fourth-order valence-corrected chi connectivity index (χ4v) is 5.09. The van der Waals surface area contributed by atoms with E-state index in [1.165, 1.54) is 18.0 Å². The van der Waals surface area contributed by atoms with Crippen LogP contribution in [0, 0.1) is 6.92 Å². The zero-order valence-corrected chi connectivity index (χ0v) is 25.7. The number of aryl methyl sites for hydroxylation is 1. The van der Waals surface area contributed by atoms with Gasteiger partial charge in [-0.1, -0.05) is 62.4 Å². The molecule has 0 aliphatic rings. The molecule has 4 aromatic rings. The summed E-state index contributed by atoms with van der Waals surface area (Å²) < 4.78 is 33.5. The van der Waals surface area contributed by atoms with Crippen LogP contribution in [0.3, 0.4) is 0 Å². The number of amides is 1. The van der Waals surface area contributed by atoms with E-state index in [2.05, 4.69) is 20.4 Å². The Kier molecular flexibility index (Phi) is 9.02. The van der Waals surface area contributed by atoms with E-state index >= 15 is 0 Å². The van der Waals surface area contributed by atoms with Crippen LogP contribution in [0.5, 0.6) is 5.75 Å². The number of hydrogen-bond donors (Lipinski definition) is 3. The summed E-state index contributed by atoms with van der Waals surface area (Å²) in [5.41, 5.74) is 3.22. The Labute approximate surface area is 251 Å². The van der Waals surface area contributed by atoms with Crippen molar-refractivity contribution >= 4 is 33.1 Å². The van der Waals surface area contributed by atoms with Crippen molar-refractivity contribution < 1.29 is 27.9 Å². The monoisotopic (exact) mass is 605 g/mol. The molecule has 1 heterocycles. The van der Waals surface area contributed by atoms with E-state index in [-0.39, 0.29) is 46.2 Å². The number of benzene rings is 3. The van der Waals surface area contributed by atoms with Gasteiger partial charge in [0.2, 0.25) is 10.0 Å². The highest BCUT2D eigenvalue weighted by Crippen LogP contribution is 2.39. The summed E-state index contributed by atoms with van der Waals surface area (Å²) >= 11 is 0. The van der Waals surface area contributed by atoms with Gasteiger partial charge in [0.15, 0.2) is 11.5 Å². The van der Waals surface area contributed by atoms with Gasteiger partial charge in [-0.05, 0) is 53.3 Å². The molecule has 0 aliphatic carbocycles. The van der Waals surface area contributed by atoms with Crippen LogP contribution >= 0.6 is 0 Å². The van der Waals surface area contributed by atoms with E-state index in [0.29, 0.717) is 11.3 Å². The number of anilines is 2. The molecule has 0 saturated carbocycles. The Hall–Kier alpha value is -4.55. The van der Waals surface area contributed by atoms with Crippen molar-refractivity contribution in [3.05, 3.63) is 94.8 Å². The first-order chi connectivity index (χ1) is 20.2. The summed E-state index contributed by atoms with van der Waals surface area (Å²) in [6.45, 7) is 7.36. The first-order valence-corrected chi connectivity index (χ1v) is 15.4. The number of aromatic nitrogens is 3. The number of nitrogens with one attached hydrogen (secondary N) is 2. The lowest BCUT2D eigenvalue weighted by Crippen LogP contribution is -2.18. The summed E-state index contributed by atoms with van der Waals surface area (Å²) in [7, 11) is -2.24. The predicted molar refractivity (Wildman–Crippen MR) is 165 cm³/mol. The van der Waals surface area contributed by atoms with Gasteiger partial charge in [0.1, 0.15) is 5.69 Å². The highest BCUT2D eigenvalue weighted by Gasteiger charge is 2.25. The number of Topliss-reactive ketones (excluding diaryl/α,β-unsaturated/α-hetero) is 1. The van der Waals surface area contributed by atoms with E-state index in [0.717, 1.165) is 17.4 Å². The second-order valence-corrected chi connectivity index (χ2v) is 13.0. The third-order valence-corrected chi connectivity index (χ3v) is 7.46. The fraction of sp³-hybridized carbons (Fsp3) is 0.290. The number of sulfonamides is 1. The van der Waals surface area contributed by atoms with Gasteiger partial charge >= 0.3 is 0 Å². The molecule has 1 aromatic heterocycles. The topological polar surface area (TPSA) is 153 Å². The molecule has 3 aromatic carbocycles. The quantitative estimate of drug-likeness (QED) is 0.224. The van der Waals surface area contributed by atoms with E-state index in [1.807, 2.05) is 33.8 Å². The summed E-state index contributed by atoms with van der Waals surface area (Å²) in [5.74, 6) is -1.48. The fourth-order valence-electron chi connectivity index (χ4n) is 4.54. The summed E-state index contributed by atoms with van der Waals surface area (Å²) in [6.07, 6.45) is 2.51. The van der Waals surface area contributed by atoms with Crippen LogP contribution in [0.2, 0.25) is 0 Å². The second kappa shape index (κ2) is 12.4.